The van der Waals surface area contributed by atoms with Gasteiger partial charge in [0.15, 0.2) is 0 Å². The van der Waals surface area contributed by atoms with Crippen LogP contribution in [0.4, 0.5) is 0 Å². The molecule has 0 aromatic carbocycles. The van der Waals surface area contributed by atoms with Gasteiger partial charge in [-0.3, -0.25) is 9.59 Å². The quantitative estimate of drug-likeness (QED) is 0.683. The maximum Gasteiger partial charge on any atom is 0.225 e. The highest BCUT2D eigenvalue weighted by Gasteiger charge is 2.28. The Morgan fingerprint density at radius 2 is 1.79 bits per heavy atom. The molecular formula is C19H36N2O3. The molecule has 1 atom stereocenters. The number of amides is 2. The number of hydrogen-bond donors (Lipinski definition) is 0. The van der Waals surface area contributed by atoms with Crippen molar-refractivity contribution in [3.05, 3.63) is 0 Å². The maximum absolute atomic E-state index is 12.6. The van der Waals surface area contributed by atoms with E-state index in [1.165, 1.54) is 0 Å². The second-order valence-corrected chi connectivity index (χ2v) is 8.05. The molecule has 1 heterocycles. The van der Waals surface area contributed by atoms with Crippen LogP contribution in [-0.4, -0.2) is 60.5 Å². The van der Waals surface area contributed by atoms with Crippen molar-refractivity contribution >= 4 is 11.8 Å². The topological polar surface area (TPSA) is 49.9 Å². The molecule has 0 saturated carbocycles. The van der Waals surface area contributed by atoms with Crippen LogP contribution < -0.4 is 0 Å². The van der Waals surface area contributed by atoms with Crippen molar-refractivity contribution in [2.24, 2.45) is 17.8 Å². The highest BCUT2D eigenvalue weighted by atomic mass is 16.5. The average Bonchev–Trinajstić information content (AvgIpc) is 2.49. The minimum absolute atomic E-state index is 0.00312. The van der Waals surface area contributed by atoms with E-state index in [0.29, 0.717) is 44.5 Å². The lowest BCUT2D eigenvalue weighted by Gasteiger charge is -2.37. The second kappa shape index (κ2) is 10.0. The van der Waals surface area contributed by atoms with Crippen molar-refractivity contribution in [3.63, 3.8) is 0 Å². The van der Waals surface area contributed by atoms with Gasteiger partial charge in [0.1, 0.15) is 0 Å². The van der Waals surface area contributed by atoms with Crippen molar-refractivity contribution in [2.45, 2.75) is 60.5 Å². The number of hydrogen-bond acceptors (Lipinski definition) is 3. The van der Waals surface area contributed by atoms with Gasteiger partial charge in [0.25, 0.3) is 0 Å². The Balaban J connectivity index is 2.66. The van der Waals surface area contributed by atoms with Gasteiger partial charge in [0.2, 0.25) is 11.8 Å². The van der Waals surface area contributed by atoms with Crippen molar-refractivity contribution in [1.82, 2.24) is 9.80 Å². The van der Waals surface area contributed by atoms with Crippen molar-refractivity contribution in [1.29, 1.82) is 0 Å². The van der Waals surface area contributed by atoms with Crippen LogP contribution in [0.25, 0.3) is 0 Å². The van der Waals surface area contributed by atoms with Crippen molar-refractivity contribution < 1.29 is 14.3 Å². The summed E-state index contributed by atoms with van der Waals surface area (Å²) in [5.74, 6) is 1.28. The molecule has 1 fully saturated rings. The molecule has 0 aromatic heterocycles. The normalized spacial score (nSPS) is 18.5. The first kappa shape index (κ1) is 20.9. The van der Waals surface area contributed by atoms with E-state index in [1.807, 2.05) is 23.6 Å². The number of carbonyl (C=O) groups is 2. The van der Waals surface area contributed by atoms with Crippen LogP contribution in [-0.2, 0) is 14.3 Å². The standard InChI is InChI=1S/C19H36N2O3/c1-14(2)7-8-20(18(22)11-15(3)4)12-17-13-21(9-10-24-17)19(23)16(5)6/h14-17H,7-13H2,1-6H3. The molecule has 1 aliphatic rings. The number of morpholine rings is 1. The largest absolute Gasteiger partial charge is 0.373 e. The molecule has 0 bridgehead atoms. The van der Waals surface area contributed by atoms with Gasteiger partial charge in [-0.05, 0) is 18.3 Å². The molecule has 140 valence electrons. The van der Waals surface area contributed by atoms with E-state index in [9.17, 15) is 9.59 Å². The lowest BCUT2D eigenvalue weighted by molar-refractivity contribution is -0.144. The lowest BCUT2D eigenvalue weighted by atomic mass is 10.1. The Hall–Kier alpha value is -1.10. The Bertz CT molecular complexity index is 407. The summed E-state index contributed by atoms with van der Waals surface area (Å²) in [4.78, 5) is 28.6. The summed E-state index contributed by atoms with van der Waals surface area (Å²) in [6.45, 7) is 15.5. The van der Waals surface area contributed by atoms with Crippen LogP contribution in [0.5, 0.6) is 0 Å². The molecule has 1 aliphatic heterocycles. The Kier molecular flexibility index (Phi) is 8.74. The first-order valence-electron chi connectivity index (χ1n) is 9.38. The number of carbonyl (C=O) groups excluding carboxylic acids is 2. The third kappa shape index (κ3) is 7.20. The lowest BCUT2D eigenvalue weighted by Crippen LogP contribution is -2.51. The summed E-state index contributed by atoms with van der Waals surface area (Å²) in [5.41, 5.74) is 0. The molecule has 1 rings (SSSR count). The summed E-state index contributed by atoms with van der Waals surface area (Å²) in [5, 5.41) is 0. The molecule has 2 amide bonds. The molecule has 5 nitrogen and oxygen atoms in total. The minimum atomic E-state index is -0.0790. The monoisotopic (exact) mass is 340 g/mol. The van der Waals surface area contributed by atoms with Crippen LogP contribution in [0.2, 0.25) is 0 Å². The maximum atomic E-state index is 12.6. The van der Waals surface area contributed by atoms with E-state index in [2.05, 4.69) is 27.7 Å². The zero-order valence-corrected chi connectivity index (χ0v) is 16.4. The molecule has 0 radical (unpaired) electrons. The summed E-state index contributed by atoms with van der Waals surface area (Å²) < 4.78 is 5.84. The summed E-state index contributed by atoms with van der Waals surface area (Å²) in [7, 11) is 0. The molecule has 0 spiro atoms. The highest BCUT2D eigenvalue weighted by Crippen LogP contribution is 2.14. The third-order valence-corrected chi connectivity index (χ3v) is 4.28. The fourth-order valence-electron chi connectivity index (χ4n) is 2.85. The van der Waals surface area contributed by atoms with Gasteiger partial charge in [-0.15, -0.1) is 0 Å². The molecule has 1 unspecified atom stereocenters. The predicted molar refractivity (Wildman–Crippen MR) is 96.6 cm³/mol. The van der Waals surface area contributed by atoms with Crippen LogP contribution in [0.15, 0.2) is 0 Å². The van der Waals surface area contributed by atoms with Crippen LogP contribution in [0.3, 0.4) is 0 Å². The van der Waals surface area contributed by atoms with Crippen molar-refractivity contribution in [2.75, 3.05) is 32.8 Å². The predicted octanol–water partition coefficient (Wildman–Crippen LogP) is 2.79. The molecule has 0 N–H and O–H groups in total. The van der Waals surface area contributed by atoms with Crippen molar-refractivity contribution in [3.8, 4) is 0 Å². The summed E-state index contributed by atoms with van der Waals surface area (Å²) >= 11 is 0. The highest BCUT2D eigenvalue weighted by molar-refractivity contribution is 5.78. The number of nitrogens with zero attached hydrogens (tertiary/aromatic N) is 2. The summed E-state index contributed by atoms with van der Waals surface area (Å²) in [6, 6.07) is 0. The minimum Gasteiger partial charge on any atom is -0.373 e. The molecule has 0 aliphatic carbocycles. The number of rotatable bonds is 8. The van der Waals surface area contributed by atoms with E-state index in [4.69, 9.17) is 4.74 Å². The van der Waals surface area contributed by atoms with Crippen LogP contribution in [0, 0.1) is 17.8 Å². The molecule has 5 heteroatoms. The molecule has 24 heavy (non-hydrogen) atoms. The second-order valence-electron chi connectivity index (χ2n) is 8.05. The Morgan fingerprint density at radius 1 is 1.12 bits per heavy atom. The Labute approximate surface area is 147 Å². The average molecular weight is 341 g/mol. The smallest absolute Gasteiger partial charge is 0.225 e. The first-order chi connectivity index (χ1) is 11.2. The van der Waals surface area contributed by atoms with E-state index in [0.717, 1.165) is 13.0 Å². The fraction of sp³-hybridized carbons (Fsp3) is 0.895. The van der Waals surface area contributed by atoms with Gasteiger partial charge in [-0.1, -0.05) is 41.5 Å². The van der Waals surface area contributed by atoms with E-state index in [1.54, 1.807) is 0 Å². The van der Waals surface area contributed by atoms with Crippen LogP contribution >= 0.6 is 0 Å². The zero-order chi connectivity index (χ0) is 18.3. The van der Waals surface area contributed by atoms with Gasteiger partial charge in [0, 0.05) is 38.5 Å². The van der Waals surface area contributed by atoms with Crippen LogP contribution in [0.1, 0.15) is 54.4 Å². The van der Waals surface area contributed by atoms with Gasteiger partial charge >= 0.3 is 0 Å². The van der Waals surface area contributed by atoms with E-state index in [-0.39, 0.29) is 23.8 Å². The number of ether oxygens (including phenoxy) is 1. The first-order valence-corrected chi connectivity index (χ1v) is 9.38. The van der Waals surface area contributed by atoms with Gasteiger partial charge in [0.05, 0.1) is 12.7 Å². The summed E-state index contributed by atoms with van der Waals surface area (Å²) in [6.07, 6.45) is 1.48. The van der Waals surface area contributed by atoms with E-state index >= 15 is 0 Å². The van der Waals surface area contributed by atoms with Gasteiger partial charge in [-0.2, -0.15) is 0 Å². The van der Waals surface area contributed by atoms with Gasteiger partial charge < -0.3 is 14.5 Å². The van der Waals surface area contributed by atoms with E-state index < -0.39 is 0 Å². The third-order valence-electron chi connectivity index (χ3n) is 4.28. The van der Waals surface area contributed by atoms with Gasteiger partial charge in [-0.25, -0.2) is 0 Å². The molecule has 0 aromatic rings. The Morgan fingerprint density at radius 3 is 2.33 bits per heavy atom. The zero-order valence-electron chi connectivity index (χ0n) is 16.4. The molecular weight excluding hydrogens is 304 g/mol. The SMILES string of the molecule is CC(C)CCN(CC1CN(C(=O)C(C)C)CCO1)C(=O)CC(C)C. The fourth-order valence-corrected chi connectivity index (χ4v) is 2.85. The molecule has 1 saturated heterocycles.